The Balaban J connectivity index is 0.626. The van der Waals surface area contributed by atoms with Gasteiger partial charge in [0.15, 0.2) is 39.3 Å². The molecule has 0 amide bonds. The first kappa shape index (κ1) is 75.4. The molecule has 0 bridgehead atoms. The fraction of sp³-hybridized carbons (Fsp3) is 0.325. The van der Waals surface area contributed by atoms with Crippen LogP contribution in [0.15, 0.2) is 158 Å². The zero-order chi connectivity index (χ0) is 73.3. The first-order chi connectivity index (χ1) is 49.7. The second-order valence-electron chi connectivity index (χ2n) is 25.7. The zero-order valence-corrected chi connectivity index (χ0v) is 61.6. The standard InChI is InChI=1S/C80H86O21Si2/c1-87-57-29-21-53(22-30-57)79(54-23-31-58(88-2)32-24-54)43-41-65-71(77(85)91-5)75(63-19-13-11-17-61(63)73(65)99-79)97-69(83)39-37-67(81)95-49-47-93-45-15-51-102(7,8)101-103(9,10)52-16-46-94-48-50-96-68(82)38-40-70(84)98-76-64-20-14-12-18-62(64)74-66(72(76)78(86)92-6)42-44-80(100-74,55-25-33-59(89-3)34-26-55)56-27-35-60(90-4)36-28-56/h11-14,17-36,41-44H,15-16,37-40,45-52H2,1-10H3. The summed E-state index contributed by atoms with van der Waals surface area (Å²) in [6, 6.07) is 46.0. The average molecular weight is 1440 g/mol. The van der Waals surface area contributed by atoms with Crippen LogP contribution in [0.1, 0.15) is 92.6 Å². The molecule has 0 spiro atoms. The van der Waals surface area contributed by atoms with Gasteiger partial charge in [-0.05, 0) is 124 Å². The van der Waals surface area contributed by atoms with Gasteiger partial charge in [-0.15, -0.1) is 0 Å². The third-order valence-electron chi connectivity index (χ3n) is 17.8. The molecule has 2 aliphatic rings. The smallest absolute Gasteiger partial charge is 0.342 e. The summed E-state index contributed by atoms with van der Waals surface area (Å²) >= 11 is 0. The number of carbonyl (C=O) groups excluding carboxylic acids is 6. The number of carbonyl (C=O) groups is 6. The van der Waals surface area contributed by atoms with Crippen molar-refractivity contribution in [2.45, 2.75) is 88.0 Å². The molecule has 540 valence electrons. The summed E-state index contributed by atoms with van der Waals surface area (Å²) in [4.78, 5) is 80.4. The van der Waals surface area contributed by atoms with Crippen molar-refractivity contribution in [1.82, 2.24) is 0 Å². The maximum atomic E-state index is 13.7. The van der Waals surface area contributed by atoms with Gasteiger partial charge in [0.05, 0.1) is 81.6 Å². The second kappa shape index (κ2) is 34.1. The second-order valence-corrected chi connectivity index (χ2v) is 34.5. The molecule has 0 unspecified atom stereocenters. The Morgan fingerprint density at radius 3 is 1.00 bits per heavy atom. The van der Waals surface area contributed by atoms with Gasteiger partial charge in [-0.3, -0.25) is 19.2 Å². The summed E-state index contributed by atoms with van der Waals surface area (Å²) in [6.45, 7) is 9.95. The van der Waals surface area contributed by atoms with Crippen LogP contribution < -0.4 is 37.9 Å². The number of hydrogen-bond donors (Lipinski definition) is 0. The lowest BCUT2D eigenvalue weighted by atomic mass is 9.82. The molecule has 8 aromatic carbocycles. The van der Waals surface area contributed by atoms with E-state index in [4.69, 9.17) is 70.4 Å². The van der Waals surface area contributed by atoms with Gasteiger partial charge >= 0.3 is 35.8 Å². The van der Waals surface area contributed by atoms with E-state index in [0.29, 0.717) is 80.4 Å². The van der Waals surface area contributed by atoms with Crippen molar-refractivity contribution in [3.05, 3.63) is 202 Å². The van der Waals surface area contributed by atoms with Gasteiger partial charge in [-0.2, -0.15) is 0 Å². The topological polar surface area (TPSA) is 241 Å². The molecule has 0 saturated heterocycles. The zero-order valence-electron chi connectivity index (χ0n) is 59.6. The summed E-state index contributed by atoms with van der Waals surface area (Å²) in [5, 5.41) is 1.97. The number of benzene rings is 8. The van der Waals surface area contributed by atoms with Crippen LogP contribution >= 0.6 is 0 Å². The Hall–Kier alpha value is -10.3. The summed E-state index contributed by atoms with van der Waals surface area (Å²) in [5.74, 6) is -0.945. The molecule has 103 heavy (non-hydrogen) atoms. The number of ether oxygens (including phenoxy) is 14. The van der Waals surface area contributed by atoms with E-state index in [9.17, 15) is 28.8 Å². The minimum absolute atomic E-state index is 0.00968. The van der Waals surface area contributed by atoms with Gasteiger partial charge < -0.3 is 70.4 Å². The number of fused-ring (bicyclic) bond motifs is 6. The first-order valence-electron chi connectivity index (χ1n) is 34.0. The highest BCUT2D eigenvalue weighted by atomic mass is 28.4. The average Bonchev–Trinajstić information content (AvgIpc) is 0.728. The van der Waals surface area contributed by atoms with Gasteiger partial charge in [0.1, 0.15) is 58.8 Å². The molecule has 0 saturated carbocycles. The van der Waals surface area contributed by atoms with Gasteiger partial charge in [0, 0.05) is 68.1 Å². The third-order valence-corrected chi connectivity index (χ3v) is 25.4. The van der Waals surface area contributed by atoms with E-state index in [-0.39, 0.29) is 74.7 Å². The van der Waals surface area contributed by atoms with Gasteiger partial charge in [-0.1, -0.05) is 97.1 Å². The largest absolute Gasteiger partial charge is 0.497 e. The lowest BCUT2D eigenvalue weighted by Crippen LogP contribution is -2.44. The molecule has 2 heterocycles. The number of esters is 6. The predicted molar refractivity (Wildman–Crippen MR) is 392 cm³/mol. The molecular weight excluding hydrogens is 1350 g/mol. The van der Waals surface area contributed by atoms with Gasteiger partial charge in [0.2, 0.25) is 0 Å². The highest BCUT2D eigenvalue weighted by Crippen LogP contribution is 2.52. The molecule has 0 fully saturated rings. The summed E-state index contributed by atoms with van der Waals surface area (Å²) in [5.41, 5.74) is 1.41. The normalized spacial score (nSPS) is 13.3. The van der Waals surface area contributed by atoms with Crippen molar-refractivity contribution < 1.29 is 99.2 Å². The molecule has 0 N–H and O–H groups in total. The van der Waals surface area contributed by atoms with E-state index in [0.717, 1.165) is 47.2 Å². The molecule has 0 aromatic heterocycles. The molecular formula is C80H86O21Si2. The quantitative estimate of drug-likeness (QED) is 0.0120. The van der Waals surface area contributed by atoms with Crippen molar-refractivity contribution >= 4 is 86.1 Å². The van der Waals surface area contributed by atoms with Crippen LogP contribution in [0.4, 0.5) is 0 Å². The molecule has 10 rings (SSSR count). The summed E-state index contributed by atoms with van der Waals surface area (Å²) < 4.78 is 87.8. The number of rotatable bonds is 34. The van der Waals surface area contributed by atoms with Crippen LogP contribution in [-0.4, -0.2) is 135 Å². The van der Waals surface area contributed by atoms with Crippen molar-refractivity contribution in [1.29, 1.82) is 0 Å². The number of methoxy groups -OCH3 is 6. The Bertz CT molecular complexity index is 4040. The van der Waals surface area contributed by atoms with E-state index in [2.05, 4.69) is 26.2 Å². The molecule has 21 nitrogen and oxygen atoms in total. The molecule has 0 atom stereocenters. The maximum absolute atomic E-state index is 13.7. The van der Waals surface area contributed by atoms with Crippen LogP contribution in [0, 0.1) is 0 Å². The van der Waals surface area contributed by atoms with Gasteiger partial charge in [-0.25, -0.2) is 9.59 Å². The maximum Gasteiger partial charge on any atom is 0.342 e. The SMILES string of the molecule is COC(=O)c1c2c(c3ccccc3c1OC(=O)CCC(=O)OCCOCCC[Si](C)(C)O[Si](C)(C)CCCOCCOC(=O)CCC(=O)Oc1c(C(=O)OC)c3c(c4ccccc14)OC(c1ccc(OC)cc1)(c1ccc(OC)cc1)C=C3)OC(c1ccc(OC)cc1)(c1ccc(OC)cc1)C=C2. The van der Waals surface area contributed by atoms with Crippen molar-refractivity contribution in [2.75, 3.05) is 82.3 Å². The number of hydrogen-bond acceptors (Lipinski definition) is 21. The van der Waals surface area contributed by atoms with Crippen LogP contribution in [0.2, 0.25) is 38.3 Å². The lowest BCUT2D eigenvalue weighted by molar-refractivity contribution is -0.148. The van der Waals surface area contributed by atoms with Gasteiger partial charge in [0.25, 0.3) is 0 Å². The van der Waals surface area contributed by atoms with E-state index >= 15 is 0 Å². The van der Waals surface area contributed by atoms with E-state index < -0.39 is 63.7 Å². The summed E-state index contributed by atoms with van der Waals surface area (Å²) in [6.07, 6.45) is 7.53. The van der Waals surface area contributed by atoms with Crippen LogP contribution in [-0.2, 0) is 62.9 Å². The Kier molecular flexibility index (Phi) is 25.0. The van der Waals surface area contributed by atoms with Crippen LogP contribution in [0.25, 0.3) is 33.7 Å². The predicted octanol–water partition coefficient (Wildman–Crippen LogP) is 14.7. The highest BCUT2D eigenvalue weighted by molar-refractivity contribution is 6.84. The Morgan fingerprint density at radius 2 is 0.689 bits per heavy atom. The fourth-order valence-electron chi connectivity index (χ4n) is 12.8. The van der Waals surface area contributed by atoms with Crippen LogP contribution in [0.5, 0.6) is 46.0 Å². The van der Waals surface area contributed by atoms with Crippen molar-refractivity contribution in [3.63, 3.8) is 0 Å². The van der Waals surface area contributed by atoms with E-state index in [1.54, 1.807) is 64.9 Å². The molecule has 0 radical (unpaired) electrons. The molecule has 2 aliphatic heterocycles. The molecule has 8 aromatic rings. The monoisotopic (exact) mass is 1440 g/mol. The van der Waals surface area contributed by atoms with E-state index in [1.807, 2.05) is 133 Å². The van der Waals surface area contributed by atoms with Crippen molar-refractivity contribution in [2.24, 2.45) is 0 Å². The lowest BCUT2D eigenvalue weighted by Gasteiger charge is -2.37. The van der Waals surface area contributed by atoms with E-state index in [1.165, 1.54) is 14.2 Å². The third kappa shape index (κ3) is 17.8. The minimum Gasteiger partial charge on any atom is -0.497 e. The molecule has 0 aliphatic carbocycles. The van der Waals surface area contributed by atoms with Crippen molar-refractivity contribution in [3.8, 4) is 46.0 Å². The van der Waals surface area contributed by atoms with Crippen LogP contribution in [0.3, 0.4) is 0 Å². The molecule has 23 heteroatoms. The first-order valence-corrected chi connectivity index (χ1v) is 40.2. The minimum atomic E-state index is -2.09. The fourth-order valence-corrected chi connectivity index (χ4v) is 21.6. The highest BCUT2D eigenvalue weighted by Gasteiger charge is 2.43. The summed E-state index contributed by atoms with van der Waals surface area (Å²) in [7, 11) is 4.67. The Morgan fingerprint density at radius 1 is 0.379 bits per heavy atom. The Labute approximate surface area is 601 Å².